The van der Waals surface area contributed by atoms with Gasteiger partial charge in [0.05, 0.1) is 30.6 Å². The fraction of sp³-hybridized carbons (Fsp3) is 0.615. The molecule has 0 unspecified atom stereocenters. The van der Waals surface area contributed by atoms with Gasteiger partial charge in [-0.3, -0.25) is 24.0 Å². The van der Waals surface area contributed by atoms with E-state index in [0.29, 0.717) is 23.1 Å². The number of methoxy groups -OCH3 is 1. The van der Waals surface area contributed by atoms with Crippen molar-refractivity contribution in [2.45, 2.75) is 132 Å². The molecule has 318 valence electrons. The minimum absolute atomic E-state index is 0.0324. The number of sulfonamides is 1. The summed E-state index contributed by atoms with van der Waals surface area (Å²) in [5, 5.41) is 13.1. The molecule has 4 amide bonds. The van der Waals surface area contributed by atoms with E-state index < -0.39 is 110 Å². The van der Waals surface area contributed by atoms with Gasteiger partial charge in [0, 0.05) is 23.5 Å². The number of ether oxygens (including phenoxy) is 3. The number of rotatable bonds is 9. The van der Waals surface area contributed by atoms with Crippen LogP contribution in [0.4, 0.5) is 18.0 Å². The molecule has 58 heavy (non-hydrogen) atoms. The maximum Gasteiger partial charge on any atom is 0.408 e. The zero-order valence-electron chi connectivity index (χ0n) is 33.4. The molecule has 2 aliphatic carbocycles. The van der Waals surface area contributed by atoms with Crippen molar-refractivity contribution >= 4 is 44.6 Å². The SMILES string of the molecule is CC[C@@H]1O[C@H](C)CC/C=C\[C@@H]2C[C@@]2(C(=O)NS(=O)(=O)C2(C)CC2)NC(=O)[C@@H]2N(C[C@@](C)(Oc3nccc4cc(OC)c(F)cc34)C2(F)F)C(=O)[C@H]1N(C(=O)O)C(C)C. The lowest BCUT2D eigenvalue weighted by Gasteiger charge is -2.40. The number of nitrogens with one attached hydrogen (secondary N) is 2. The molecule has 19 heteroatoms. The summed E-state index contributed by atoms with van der Waals surface area (Å²) in [4.78, 5) is 61.8. The number of amides is 4. The third-order valence-electron chi connectivity index (χ3n) is 11.9. The molecular weight excluding hydrogens is 788 g/mol. The number of carboxylic acid groups (broad SMARTS) is 1. The first-order valence-corrected chi connectivity index (χ1v) is 20.8. The van der Waals surface area contributed by atoms with Crippen LogP contribution in [-0.4, -0.2) is 118 Å². The van der Waals surface area contributed by atoms with Crippen LogP contribution in [0.15, 0.2) is 36.5 Å². The van der Waals surface area contributed by atoms with Gasteiger partial charge in [-0.05, 0) is 96.7 Å². The van der Waals surface area contributed by atoms with E-state index in [-0.39, 0.29) is 36.8 Å². The summed E-state index contributed by atoms with van der Waals surface area (Å²) in [5.41, 5.74) is -4.79. The molecule has 15 nitrogen and oxygen atoms in total. The van der Waals surface area contributed by atoms with Crippen LogP contribution in [0.5, 0.6) is 11.6 Å². The van der Waals surface area contributed by atoms with Crippen LogP contribution in [0.3, 0.4) is 0 Å². The number of aromatic nitrogens is 1. The van der Waals surface area contributed by atoms with E-state index in [1.165, 1.54) is 46.2 Å². The summed E-state index contributed by atoms with van der Waals surface area (Å²) in [6.07, 6.45) is 2.50. The van der Waals surface area contributed by atoms with Gasteiger partial charge in [0.15, 0.2) is 23.2 Å². The van der Waals surface area contributed by atoms with Crippen molar-refractivity contribution in [2.75, 3.05) is 13.7 Å². The van der Waals surface area contributed by atoms with Crippen LogP contribution in [-0.2, 0) is 29.1 Å². The average molecular weight is 838 g/mol. The highest BCUT2D eigenvalue weighted by molar-refractivity contribution is 7.91. The number of hydrogen-bond donors (Lipinski definition) is 3. The van der Waals surface area contributed by atoms with Crippen molar-refractivity contribution in [3.8, 4) is 11.6 Å². The lowest BCUT2D eigenvalue weighted by Crippen LogP contribution is -2.64. The number of fused-ring (bicyclic) bond motifs is 3. The molecule has 3 fully saturated rings. The Kier molecular flexibility index (Phi) is 11.2. The van der Waals surface area contributed by atoms with Crippen molar-refractivity contribution < 1.29 is 60.1 Å². The molecule has 3 N–H and O–H groups in total. The summed E-state index contributed by atoms with van der Waals surface area (Å²) in [5.74, 6) is -10.4. The predicted octanol–water partition coefficient (Wildman–Crippen LogP) is 4.53. The quantitative estimate of drug-likeness (QED) is 0.301. The number of alkyl halides is 2. The zero-order chi connectivity index (χ0) is 42.7. The number of halogens is 3. The first-order valence-electron chi connectivity index (χ1n) is 19.3. The van der Waals surface area contributed by atoms with Crippen molar-refractivity contribution in [1.82, 2.24) is 24.8 Å². The van der Waals surface area contributed by atoms with Gasteiger partial charge >= 0.3 is 12.0 Å². The second-order valence-electron chi connectivity index (χ2n) is 16.4. The third kappa shape index (κ3) is 7.43. The molecule has 0 bridgehead atoms. The lowest BCUT2D eigenvalue weighted by atomic mass is 9.96. The summed E-state index contributed by atoms with van der Waals surface area (Å²) >= 11 is 0. The number of carbonyl (C=O) groups excluding carboxylic acids is 3. The van der Waals surface area contributed by atoms with Crippen LogP contribution in [0.1, 0.15) is 80.1 Å². The van der Waals surface area contributed by atoms with E-state index in [0.717, 1.165) is 17.9 Å². The van der Waals surface area contributed by atoms with Crippen molar-refractivity contribution in [3.05, 3.63) is 42.4 Å². The molecule has 2 aromatic rings. The normalized spacial score (nSPS) is 31.2. The molecule has 6 rings (SSSR count). The number of hydrogen-bond acceptors (Lipinski definition) is 10. The largest absolute Gasteiger partial charge is 0.494 e. The Morgan fingerprint density at radius 1 is 1.21 bits per heavy atom. The third-order valence-corrected chi connectivity index (χ3v) is 14.0. The zero-order valence-corrected chi connectivity index (χ0v) is 34.2. The molecule has 3 heterocycles. The molecule has 2 aliphatic heterocycles. The topological polar surface area (TPSA) is 194 Å². The first-order chi connectivity index (χ1) is 27.1. The number of carbonyl (C=O) groups is 4. The molecule has 1 aromatic carbocycles. The highest BCUT2D eigenvalue weighted by Crippen LogP contribution is 2.50. The molecule has 4 aliphatic rings. The fourth-order valence-corrected chi connectivity index (χ4v) is 9.22. The Labute approximate surface area is 334 Å². The van der Waals surface area contributed by atoms with E-state index in [1.54, 1.807) is 26.0 Å². The number of pyridine rings is 1. The van der Waals surface area contributed by atoms with Gasteiger partial charge in [-0.25, -0.2) is 22.6 Å². The number of nitrogens with zero attached hydrogens (tertiary/aromatic N) is 3. The van der Waals surface area contributed by atoms with E-state index in [9.17, 15) is 32.3 Å². The Morgan fingerprint density at radius 2 is 1.90 bits per heavy atom. The molecular formula is C39H50F3N5O10S. The van der Waals surface area contributed by atoms with Crippen LogP contribution < -0.4 is 19.5 Å². The molecule has 7 atom stereocenters. The molecule has 1 aromatic heterocycles. The predicted molar refractivity (Wildman–Crippen MR) is 203 cm³/mol. The van der Waals surface area contributed by atoms with Crippen LogP contribution in [0, 0.1) is 11.7 Å². The maximum absolute atomic E-state index is 17.5. The average Bonchev–Trinajstić information content (AvgIpc) is 4.05. The van der Waals surface area contributed by atoms with Crippen molar-refractivity contribution in [1.29, 1.82) is 0 Å². The number of allylic oxidation sites excluding steroid dienone is 1. The second-order valence-corrected chi connectivity index (χ2v) is 18.6. The minimum Gasteiger partial charge on any atom is -0.494 e. The van der Waals surface area contributed by atoms with Gasteiger partial charge in [-0.1, -0.05) is 19.1 Å². The Bertz CT molecular complexity index is 2130. The maximum atomic E-state index is 17.5. The highest BCUT2D eigenvalue weighted by Gasteiger charge is 2.72. The standard InChI is InChI=1S/C39H50F3N5O10S/c1-8-27-29(47(21(2)3)35(51)52)33(49)46-20-37(6,57-32-25-18-26(40)28(55-7)17-23(25)13-16-43-32)39(41,42)30(46)31(48)44-38(19-24(38)12-10-9-11-22(4)56-27)34(50)45-58(53,54)36(5)14-15-36/h10,12-13,16-18,21-22,24,27,29-30H,8-9,11,14-15,19-20H2,1-7H3,(H,44,48)(H,45,50)(H,51,52)/b12-10-/t22-,24-,27+,29+,30+,37-,38-/m1/s1. The van der Waals surface area contributed by atoms with E-state index in [2.05, 4.69) is 15.0 Å². The summed E-state index contributed by atoms with van der Waals surface area (Å²) in [6.45, 7) is 7.74. The van der Waals surface area contributed by atoms with Gasteiger partial charge in [-0.15, -0.1) is 0 Å². The van der Waals surface area contributed by atoms with Crippen LogP contribution in [0.25, 0.3) is 10.8 Å². The second kappa shape index (κ2) is 15.2. The Balaban J connectivity index is 1.49. The monoisotopic (exact) mass is 837 g/mol. The minimum atomic E-state index is -4.33. The lowest BCUT2D eigenvalue weighted by molar-refractivity contribution is -0.165. The van der Waals surface area contributed by atoms with Crippen LogP contribution >= 0.6 is 0 Å². The molecule has 0 spiro atoms. The van der Waals surface area contributed by atoms with E-state index >= 15 is 13.6 Å². The fourth-order valence-electron chi connectivity index (χ4n) is 7.91. The van der Waals surface area contributed by atoms with E-state index in [1.807, 2.05) is 0 Å². The van der Waals surface area contributed by atoms with Gasteiger partial charge in [0.1, 0.15) is 11.6 Å². The van der Waals surface area contributed by atoms with E-state index in [4.69, 9.17) is 14.2 Å². The highest BCUT2D eigenvalue weighted by atomic mass is 32.2. The number of benzene rings is 1. The molecule has 0 radical (unpaired) electrons. The molecule has 1 saturated heterocycles. The smallest absolute Gasteiger partial charge is 0.408 e. The first kappa shape index (κ1) is 42.9. The summed E-state index contributed by atoms with van der Waals surface area (Å²) in [7, 11) is -2.99. The van der Waals surface area contributed by atoms with Gasteiger partial charge in [-0.2, -0.15) is 8.78 Å². The Hall–Kier alpha value is -4.65. The Morgan fingerprint density at radius 3 is 2.50 bits per heavy atom. The van der Waals surface area contributed by atoms with Gasteiger partial charge in [0.25, 0.3) is 5.91 Å². The summed E-state index contributed by atoms with van der Waals surface area (Å²) < 4.78 is 94.5. The van der Waals surface area contributed by atoms with Gasteiger partial charge in [0.2, 0.25) is 27.7 Å². The van der Waals surface area contributed by atoms with Gasteiger partial charge < -0.3 is 29.5 Å². The summed E-state index contributed by atoms with van der Waals surface area (Å²) in [6, 6.07) is -1.59. The van der Waals surface area contributed by atoms with Crippen LogP contribution in [0.2, 0.25) is 0 Å². The van der Waals surface area contributed by atoms with Crippen molar-refractivity contribution in [3.63, 3.8) is 0 Å². The van der Waals surface area contributed by atoms with Crippen molar-refractivity contribution in [2.24, 2.45) is 5.92 Å². The molecule has 2 saturated carbocycles.